The van der Waals surface area contributed by atoms with Crippen LogP contribution in [-0.2, 0) is 11.2 Å². The molecule has 8 nitrogen and oxygen atoms in total. The fraction of sp³-hybridized carbons (Fsp3) is 0.458. The predicted molar refractivity (Wildman–Crippen MR) is 122 cm³/mol. The van der Waals surface area contributed by atoms with Crippen LogP contribution in [0.15, 0.2) is 39.7 Å². The molecule has 0 unspecified atom stereocenters. The molecule has 0 amide bonds. The smallest absolute Gasteiger partial charge is 0.347 e. The van der Waals surface area contributed by atoms with Gasteiger partial charge in [-0.2, -0.15) is 0 Å². The Morgan fingerprint density at radius 3 is 2.84 bits per heavy atom. The molecule has 2 aromatic heterocycles. The molecule has 2 fully saturated rings. The molecule has 5 rings (SSSR count). The van der Waals surface area contributed by atoms with Crippen molar-refractivity contribution in [3.63, 3.8) is 0 Å². The number of hydrogen-bond acceptors (Lipinski definition) is 8. The van der Waals surface area contributed by atoms with Crippen LogP contribution in [0.25, 0.3) is 22.4 Å². The quantitative estimate of drug-likeness (QED) is 0.604. The molecule has 3 aromatic rings. The van der Waals surface area contributed by atoms with Gasteiger partial charge in [0, 0.05) is 44.5 Å². The van der Waals surface area contributed by atoms with Crippen LogP contribution >= 0.6 is 0 Å². The average molecular weight is 437 g/mol. The normalized spacial score (nSPS) is 19.6. The van der Waals surface area contributed by atoms with E-state index in [0.717, 1.165) is 62.8 Å². The second kappa shape index (κ2) is 8.88. The highest BCUT2D eigenvalue weighted by Crippen LogP contribution is 2.32. The molecule has 2 aliphatic rings. The number of rotatable bonds is 5. The van der Waals surface area contributed by atoms with Crippen molar-refractivity contribution in [1.29, 1.82) is 0 Å². The number of nitrogens with zero attached hydrogens (tertiary/aromatic N) is 4. The Labute approximate surface area is 186 Å². The number of aromatic nitrogens is 2. The molecule has 8 heteroatoms. The van der Waals surface area contributed by atoms with Crippen LogP contribution in [0.4, 0.5) is 5.82 Å². The largest absolute Gasteiger partial charge is 0.497 e. The summed E-state index contributed by atoms with van der Waals surface area (Å²) in [7, 11) is 1.62. The van der Waals surface area contributed by atoms with E-state index in [4.69, 9.17) is 18.9 Å². The highest BCUT2D eigenvalue weighted by molar-refractivity contribution is 5.84. The summed E-state index contributed by atoms with van der Waals surface area (Å²) in [6, 6.07) is 7.90. The summed E-state index contributed by atoms with van der Waals surface area (Å²) >= 11 is 0. The summed E-state index contributed by atoms with van der Waals surface area (Å²) in [5.41, 5.74) is 1.79. The number of hydrogen-bond donors (Lipinski definition) is 0. The Kier molecular flexibility index (Phi) is 5.80. The second-order valence-electron chi connectivity index (χ2n) is 8.25. The molecular weight excluding hydrogens is 408 g/mol. The van der Waals surface area contributed by atoms with Crippen LogP contribution < -0.4 is 15.3 Å². The molecule has 0 bridgehead atoms. The lowest BCUT2D eigenvalue weighted by molar-refractivity contribution is 0.0209. The summed E-state index contributed by atoms with van der Waals surface area (Å²) < 4.78 is 16.7. The number of morpholine rings is 1. The number of benzene rings is 1. The molecule has 0 aliphatic carbocycles. The van der Waals surface area contributed by atoms with E-state index in [2.05, 4.69) is 14.8 Å². The Bertz CT molecular complexity index is 1170. The molecule has 2 aliphatic heterocycles. The molecule has 4 heterocycles. The molecule has 32 heavy (non-hydrogen) atoms. The van der Waals surface area contributed by atoms with Gasteiger partial charge in [-0.05, 0) is 36.6 Å². The zero-order valence-electron chi connectivity index (χ0n) is 18.5. The van der Waals surface area contributed by atoms with Crippen LogP contribution in [0.2, 0.25) is 0 Å². The van der Waals surface area contributed by atoms with Crippen molar-refractivity contribution in [1.82, 2.24) is 14.9 Å². The Hall–Kier alpha value is -2.97. The van der Waals surface area contributed by atoms with E-state index in [1.165, 1.54) is 0 Å². The number of fused-ring (bicyclic) bond motifs is 1. The molecule has 0 spiro atoms. The maximum absolute atomic E-state index is 12.9. The van der Waals surface area contributed by atoms with Crippen LogP contribution in [0, 0.1) is 0 Å². The zero-order valence-corrected chi connectivity index (χ0v) is 18.5. The molecule has 0 radical (unpaired) electrons. The van der Waals surface area contributed by atoms with Crippen molar-refractivity contribution in [2.75, 3.05) is 51.4 Å². The minimum Gasteiger partial charge on any atom is -0.497 e. The number of aryl methyl sites for hydroxylation is 1. The van der Waals surface area contributed by atoms with Gasteiger partial charge in [-0.3, -0.25) is 4.90 Å². The lowest BCUT2D eigenvalue weighted by Crippen LogP contribution is -2.44. The molecule has 2 saturated heterocycles. The summed E-state index contributed by atoms with van der Waals surface area (Å²) in [6.07, 6.45) is 3.54. The lowest BCUT2D eigenvalue weighted by atomic mass is 10.1. The minimum absolute atomic E-state index is 0.288. The molecule has 0 saturated carbocycles. The Morgan fingerprint density at radius 1 is 1.22 bits per heavy atom. The third kappa shape index (κ3) is 3.84. The van der Waals surface area contributed by atoms with Gasteiger partial charge >= 0.3 is 5.63 Å². The molecule has 168 valence electrons. The maximum atomic E-state index is 12.9. The van der Waals surface area contributed by atoms with Crippen LogP contribution in [-0.4, -0.2) is 67.4 Å². The number of anilines is 1. The Morgan fingerprint density at radius 2 is 2.06 bits per heavy atom. The van der Waals surface area contributed by atoms with Gasteiger partial charge in [0.25, 0.3) is 0 Å². The lowest BCUT2D eigenvalue weighted by Gasteiger charge is -2.32. The van der Waals surface area contributed by atoms with Gasteiger partial charge in [0.1, 0.15) is 11.6 Å². The SMILES string of the molecule is CCc1cc(OC)cc2nc(-c3cccnc3N3CC[C@H](N4CCOCC4)C3)oc(=O)c12. The fourth-order valence-corrected chi connectivity index (χ4v) is 4.75. The first-order valence-electron chi connectivity index (χ1n) is 11.2. The van der Waals surface area contributed by atoms with Gasteiger partial charge in [-0.1, -0.05) is 6.92 Å². The first-order valence-corrected chi connectivity index (χ1v) is 11.2. The van der Waals surface area contributed by atoms with Gasteiger partial charge in [-0.25, -0.2) is 14.8 Å². The van der Waals surface area contributed by atoms with Crippen molar-refractivity contribution in [2.24, 2.45) is 0 Å². The van der Waals surface area contributed by atoms with Gasteiger partial charge in [0.05, 0.1) is 36.8 Å². The standard InChI is InChI=1S/C24H28N4O4/c1-3-16-13-18(30-2)14-20-21(16)24(29)32-23(26-20)19-5-4-7-25-22(19)28-8-6-17(15-28)27-9-11-31-12-10-27/h4-5,7,13-14,17H,3,6,8-12,15H2,1-2H3/t17-/m0/s1. The van der Waals surface area contributed by atoms with E-state index in [-0.39, 0.29) is 11.5 Å². The molecule has 1 atom stereocenters. The summed E-state index contributed by atoms with van der Waals surface area (Å²) in [6.45, 7) is 7.31. The monoisotopic (exact) mass is 436 g/mol. The van der Waals surface area contributed by atoms with E-state index in [9.17, 15) is 4.79 Å². The van der Waals surface area contributed by atoms with Gasteiger partial charge < -0.3 is 18.8 Å². The van der Waals surface area contributed by atoms with Crippen LogP contribution in [0.5, 0.6) is 5.75 Å². The van der Waals surface area contributed by atoms with Gasteiger partial charge in [-0.15, -0.1) is 0 Å². The third-order valence-electron chi connectivity index (χ3n) is 6.45. The van der Waals surface area contributed by atoms with Crippen LogP contribution in [0.1, 0.15) is 18.9 Å². The van der Waals surface area contributed by atoms with Crippen molar-refractivity contribution < 1.29 is 13.9 Å². The number of ether oxygens (including phenoxy) is 2. The maximum Gasteiger partial charge on any atom is 0.347 e. The topological polar surface area (TPSA) is 80.9 Å². The van der Waals surface area contributed by atoms with Crippen molar-refractivity contribution in [3.05, 3.63) is 46.4 Å². The highest BCUT2D eigenvalue weighted by Gasteiger charge is 2.31. The number of methoxy groups -OCH3 is 1. The number of pyridine rings is 1. The average Bonchev–Trinajstić information content (AvgIpc) is 3.34. The van der Waals surface area contributed by atoms with E-state index in [0.29, 0.717) is 29.1 Å². The second-order valence-corrected chi connectivity index (χ2v) is 8.25. The van der Waals surface area contributed by atoms with E-state index >= 15 is 0 Å². The summed E-state index contributed by atoms with van der Waals surface area (Å²) in [5.74, 6) is 1.77. The first kappa shape index (κ1) is 20.9. The predicted octanol–water partition coefficient (Wildman–Crippen LogP) is 2.73. The Balaban J connectivity index is 1.52. The van der Waals surface area contributed by atoms with Crippen molar-refractivity contribution in [2.45, 2.75) is 25.8 Å². The molecular formula is C24H28N4O4. The fourth-order valence-electron chi connectivity index (χ4n) is 4.75. The first-order chi connectivity index (χ1) is 15.7. The zero-order chi connectivity index (χ0) is 22.1. The van der Waals surface area contributed by atoms with E-state index < -0.39 is 0 Å². The molecule has 0 N–H and O–H groups in total. The van der Waals surface area contributed by atoms with Crippen molar-refractivity contribution >= 4 is 16.7 Å². The van der Waals surface area contributed by atoms with Gasteiger partial charge in [0.15, 0.2) is 0 Å². The van der Waals surface area contributed by atoms with Crippen molar-refractivity contribution in [3.8, 4) is 17.2 Å². The van der Waals surface area contributed by atoms with E-state index in [1.807, 2.05) is 25.1 Å². The summed E-state index contributed by atoms with van der Waals surface area (Å²) in [5, 5.41) is 0.510. The molecule has 1 aromatic carbocycles. The minimum atomic E-state index is -0.382. The third-order valence-corrected chi connectivity index (χ3v) is 6.45. The van der Waals surface area contributed by atoms with Gasteiger partial charge in [0.2, 0.25) is 5.89 Å². The highest BCUT2D eigenvalue weighted by atomic mass is 16.5. The van der Waals surface area contributed by atoms with E-state index in [1.54, 1.807) is 19.4 Å². The summed E-state index contributed by atoms with van der Waals surface area (Å²) in [4.78, 5) is 27.1. The van der Waals surface area contributed by atoms with Crippen LogP contribution in [0.3, 0.4) is 0 Å².